The van der Waals surface area contributed by atoms with Crippen molar-refractivity contribution in [2.75, 3.05) is 39.4 Å². The first-order chi connectivity index (χ1) is 6.37. The molecule has 13 heavy (non-hydrogen) atoms. The first-order valence-electron chi connectivity index (χ1n) is 5.41. The predicted octanol–water partition coefficient (Wildman–Crippen LogP) is 0.461. The van der Waals surface area contributed by atoms with Crippen molar-refractivity contribution in [3.05, 3.63) is 0 Å². The molecule has 1 aliphatic carbocycles. The summed E-state index contributed by atoms with van der Waals surface area (Å²) in [5, 5.41) is 3.47. The van der Waals surface area contributed by atoms with Gasteiger partial charge in [0.2, 0.25) is 0 Å². The molecule has 2 fully saturated rings. The second kappa shape index (κ2) is 3.95. The highest BCUT2D eigenvalue weighted by molar-refractivity contribution is 5.05. The summed E-state index contributed by atoms with van der Waals surface area (Å²) in [6, 6.07) is 0. The summed E-state index contributed by atoms with van der Waals surface area (Å²) in [5.41, 5.74) is 0.514. The van der Waals surface area contributed by atoms with Gasteiger partial charge in [0, 0.05) is 25.2 Å². The number of rotatable bonds is 4. The van der Waals surface area contributed by atoms with Gasteiger partial charge >= 0.3 is 0 Å². The summed E-state index contributed by atoms with van der Waals surface area (Å²) in [6.45, 7) is 8.55. The second-order valence-electron chi connectivity index (χ2n) is 4.10. The lowest BCUT2D eigenvalue weighted by Crippen LogP contribution is -2.49. The minimum absolute atomic E-state index is 0.514. The summed E-state index contributed by atoms with van der Waals surface area (Å²) < 4.78 is 5.37. The third-order valence-corrected chi connectivity index (χ3v) is 3.21. The Morgan fingerprint density at radius 3 is 2.54 bits per heavy atom. The van der Waals surface area contributed by atoms with Crippen molar-refractivity contribution in [3.8, 4) is 0 Å². The standard InChI is InChI=1S/C10H20N2O/c1-2-11-9-10(3-4-10)12-5-7-13-8-6-12/h11H,2-9H2,1H3. The van der Waals surface area contributed by atoms with Gasteiger partial charge in [0.15, 0.2) is 0 Å². The zero-order valence-corrected chi connectivity index (χ0v) is 8.51. The molecule has 0 aromatic rings. The number of morpholine rings is 1. The van der Waals surface area contributed by atoms with E-state index in [1.807, 2.05) is 0 Å². The van der Waals surface area contributed by atoms with Crippen LogP contribution < -0.4 is 5.32 Å². The molecule has 0 amide bonds. The number of nitrogens with zero attached hydrogens (tertiary/aromatic N) is 1. The van der Waals surface area contributed by atoms with E-state index >= 15 is 0 Å². The van der Waals surface area contributed by atoms with E-state index in [0.717, 1.165) is 32.8 Å². The van der Waals surface area contributed by atoms with Crippen LogP contribution in [0.2, 0.25) is 0 Å². The van der Waals surface area contributed by atoms with Crippen LogP contribution in [0.4, 0.5) is 0 Å². The summed E-state index contributed by atoms with van der Waals surface area (Å²) >= 11 is 0. The minimum Gasteiger partial charge on any atom is -0.379 e. The molecular formula is C10H20N2O. The molecule has 76 valence electrons. The maximum atomic E-state index is 5.37. The van der Waals surface area contributed by atoms with Crippen molar-refractivity contribution in [3.63, 3.8) is 0 Å². The van der Waals surface area contributed by atoms with E-state index < -0.39 is 0 Å². The van der Waals surface area contributed by atoms with Crippen molar-refractivity contribution < 1.29 is 4.74 Å². The molecule has 2 aliphatic rings. The lowest BCUT2D eigenvalue weighted by atomic mass is 10.2. The van der Waals surface area contributed by atoms with Crippen LogP contribution in [0.15, 0.2) is 0 Å². The van der Waals surface area contributed by atoms with Crippen LogP contribution in [0.1, 0.15) is 19.8 Å². The normalized spacial score (nSPS) is 27.5. The molecule has 0 spiro atoms. The van der Waals surface area contributed by atoms with Crippen LogP contribution in [0.5, 0.6) is 0 Å². The van der Waals surface area contributed by atoms with Crippen LogP contribution in [-0.2, 0) is 4.74 Å². The Kier molecular flexibility index (Phi) is 2.86. The van der Waals surface area contributed by atoms with Crippen molar-refractivity contribution in [2.24, 2.45) is 0 Å². The van der Waals surface area contributed by atoms with Gasteiger partial charge in [-0.05, 0) is 19.4 Å². The molecule has 0 radical (unpaired) electrons. The largest absolute Gasteiger partial charge is 0.379 e. The molecule has 1 aliphatic heterocycles. The monoisotopic (exact) mass is 184 g/mol. The van der Waals surface area contributed by atoms with E-state index in [9.17, 15) is 0 Å². The highest BCUT2D eigenvalue weighted by Gasteiger charge is 2.47. The summed E-state index contributed by atoms with van der Waals surface area (Å²) in [4.78, 5) is 2.61. The average Bonchev–Trinajstić information content (AvgIpc) is 2.97. The van der Waals surface area contributed by atoms with Crippen LogP contribution in [0, 0.1) is 0 Å². The third-order valence-electron chi connectivity index (χ3n) is 3.21. The van der Waals surface area contributed by atoms with Crippen molar-refractivity contribution in [1.29, 1.82) is 0 Å². The average molecular weight is 184 g/mol. The maximum absolute atomic E-state index is 5.37. The van der Waals surface area contributed by atoms with Crippen molar-refractivity contribution >= 4 is 0 Å². The lowest BCUT2D eigenvalue weighted by Gasteiger charge is -2.35. The lowest BCUT2D eigenvalue weighted by molar-refractivity contribution is 0.00977. The molecule has 1 heterocycles. The summed E-state index contributed by atoms with van der Waals surface area (Å²) in [7, 11) is 0. The zero-order valence-electron chi connectivity index (χ0n) is 8.51. The molecular weight excluding hydrogens is 164 g/mol. The van der Waals surface area contributed by atoms with E-state index in [1.54, 1.807) is 0 Å². The Hall–Kier alpha value is -0.120. The van der Waals surface area contributed by atoms with Gasteiger partial charge in [0.25, 0.3) is 0 Å². The topological polar surface area (TPSA) is 24.5 Å². The highest BCUT2D eigenvalue weighted by Crippen LogP contribution is 2.41. The Labute approximate surface area is 80.4 Å². The molecule has 0 bridgehead atoms. The van der Waals surface area contributed by atoms with Crippen LogP contribution in [-0.4, -0.2) is 49.8 Å². The summed E-state index contributed by atoms with van der Waals surface area (Å²) in [5.74, 6) is 0. The van der Waals surface area contributed by atoms with Gasteiger partial charge < -0.3 is 10.1 Å². The van der Waals surface area contributed by atoms with Gasteiger partial charge in [-0.2, -0.15) is 0 Å². The number of ether oxygens (including phenoxy) is 1. The molecule has 0 aromatic heterocycles. The molecule has 3 heteroatoms. The molecule has 0 aromatic carbocycles. The van der Waals surface area contributed by atoms with Crippen LogP contribution >= 0.6 is 0 Å². The molecule has 2 rings (SSSR count). The van der Waals surface area contributed by atoms with Crippen molar-refractivity contribution in [1.82, 2.24) is 10.2 Å². The molecule has 3 nitrogen and oxygen atoms in total. The third kappa shape index (κ3) is 2.03. The number of nitrogens with one attached hydrogen (secondary N) is 1. The van der Waals surface area contributed by atoms with E-state index in [0.29, 0.717) is 5.54 Å². The van der Waals surface area contributed by atoms with E-state index in [4.69, 9.17) is 4.74 Å². The Morgan fingerprint density at radius 2 is 2.00 bits per heavy atom. The van der Waals surface area contributed by atoms with Crippen LogP contribution in [0.25, 0.3) is 0 Å². The zero-order chi connectivity index (χ0) is 9.15. The van der Waals surface area contributed by atoms with E-state index in [-0.39, 0.29) is 0 Å². The van der Waals surface area contributed by atoms with Gasteiger partial charge in [-0.15, -0.1) is 0 Å². The molecule has 0 unspecified atom stereocenters. The maximum Gasteiger partial charge on any atom is 0.0594 e. The van der Waals surface area contributed by atoms with Gasteiger partial charge in [-0.25, -0.2) is 0 Å². The molecule has 1 saturated heterocycles. The Bertz CT molecular complexity index is 162. The fourth-order valence-electron chi connectivity index (χ4n) is 2.14. The minimum atomic E-state index is 0.514. The van der Waals surface area contributed by atoms with E-state index in [2.05, 4.69) is 17.1 Å². The SMILES string of the molecule is CCNCC1(N2CCOCC2)CC1. The highest BCUT2D eigenvalue weighted by atomic mass is 16.5. The van der Waals surface area contributed by atoms with Gasteiger partial charge in [-0.1, -0.05) is 6.92 Å². The number of likely N-dealkylation sites (N-methyl/N-ethyl adjacent to an activating group) is 1. The van der Waals surface area contributed by atoms with Gasteiger partial charge in [-0.3, -0.25) is 4.90 Å². The predicted molar refractivity (Wildman–Crippen MR) is 52.9 cm³/mol. The number of hydrogen-bond acceptors (Lipinski definition) is 3. The number of hydrogen-bond donors (Lipinski definition) is 1. The fraction of sp³-hybridized carbons (Fsp3) is 1.00. The molecule has 0 atom stereocenters. The Morgan fingerprint density at radius 1 is 1.31 bits per heavy atom. The van der Waals surface area contributed by atoms with E-state index in [1.165, 1.54) is 19.4 Å². The Balaban J connectivity index is 1.82. The molecule has 1 N–H and O–H groups in total. The van der Waals surface area contributed by atoms with Crippen LogP contribution in [0.3, 0.4) is 0 Å². The van der Waals surface area contributed by atoms with Gasteiger partial charge in [0.05, 0.1) is 13.2 Å². The fourth-order valence-corrected chi connectivity index (χ4v) is 2.14. The first kappa shape index (κ1) is 9.44. The smallest absolute Gasteiger partial charge is 0.0594 e. The first-order valence-corrected chi connectivity index (χ1v) is 5.41. The second-order valence-corrected chi connectivity index (χ2v) is 4.10. The van der Waals surface area contributed by atoms with Gasteiger partial charge in [0.1, 0.15) is 0 Å². The van der Waals surface area contributed by atoms with Crippen molar-refractivity contribution in [2.45, 2.75) is 25.3 Å². The molecule has 1 saturated carbocycles. The summed E-state index contributed by atoms with van der Waals surface area (Å²) in [6.07, 6.45) is 2.75. The quantitative estimate of drug-likeness (QED) is 0.687.